The Morgan fingerprint density at radius 1 is 1.32 bits per heavy atom. The van der Waals surface area contributed by atoms with Gasteiger partial charge in [0, 0.05) is 6.04 Å². The summed E-state index contributed by atoms with van der Waals surface area (Å²) in [6.45, 7) is 1.29. The number of fused-ring (bicyclic) bond motifs is 1. The van der Waals surface area contributed by atoms with Crippen LogP contribution in [0, 0.1) is 12.0 Å². The topological polar surface area (TPSA) is 126 Å². The van der Waals surface area contributed by atoms with Crippen molar-refractivity contribution in [3.05, 3.63) is 12.7 Å². The van der Waals surface area contributed by atoms with E-state index in [1.165, 1.54) is 17.2 Å². The molecule has 2 unspecified atom stereocenters. The molecule has 4 N–H and O–H groups in total. The van der Waals surface area contributed by atoms with Gasteiger partial charge in [0.2, 0.25) is 0 Å². The Kier molecular flexibility index (Phi) is 3.91. The number of nitrogens with one attached hydrogen (secondary N) is 1. The summed E-state index contributed by atoms with van der Waals surface area (Å²) < 4.78 is 6.96. The number of aromatic nitrogens is 4. The number of aliphatic hydroxyl groups excluding tert-OH is 3. The van der Waals surface area contributed by atoms with Crippen LogP contribution in [-0.4, -0.2) is 59.8 Å². The molecule has 0 radical (unpaired) electrons. The van der Waals surface area contributed by atoms with Gasteiger partial charge in [-0.3, -0.25) is 9.88 Å². The van der Waals surface area contributed by atoms with Crippen LogP contribution in [0.15, 0.2) is 12.7 Å². The predicted octanol–water partition coefficient (Wildman–Crippen LogP) is -1.17. The first-order valence-electron chi connectivity index (χ1n) is 6.65. The van der Waals surface area contributed by atoms with E-state index in [1.807, 2.05) is 0 Å². The molecule has 1 fully saturated rings. The van der Waals surface area contributed by atoms with E-state index >= 15 is 0 Å². The van der Waals surface area contributed by atoms with Crippen molar-refractivity contribution >= 4 is 17.0 Å². The molecule has 0 aliphatic carbocycles. The maximum absolute atomic E-state index is 10.1. The van der Waals surface area contributed by atoms with Gasteiger partial charge in [-0.25, -0.2) is 15.0 Å². The summed E-state index contributed by atoms with van der Waals surface area (Å²) in [5.41, 5.74) is 0.883. The van der Waals surface area contributed by atoms with Crippen molar-refractivity contribution < 1.29 is 20.1 Å². The second-order valence-electron chi connectivity index (χ2n) is 4.78. The zero-order valence-corrected chi connectivity index (χ0v) is 11.7. The highest BCUT2D eigenvalue weighted by Crippen LogP contribution is 2.31. The highest BCUT2D eigenvalue weighted by Gasteiger charge is 2.43. The average molecular weight is 305 g/mol. The van der Waals surface area contributed by atoms with Crippen molar-refractivity contribution in [3.8, 4) is 12.0 Å². The predicted molar refractivity (Wildman–Crippen MR) is 75.4 cm³/mol. The van der Waals surface area contributed by atoms with E-state index < -0.39 is 31.1 Å². The molecule has 9 heteroatoms. The lowest BCUT2D eigenvalue weighted by Gasteiger charge is -2.16. The minimum absolute atomic E-state index is 0.394. The molecule has 116 valence electrons. The quantitative estimate of drug-likeness (QED) is 0.413. The van der Waals surface area contributed by atoms with Gasteiger partial charge in [0.15, 0.2) is 23.2 Å². The Morgan fingerprint density at radius 2 is 2.14 bits per heavy atom. The summed E-state index contributed by atoms with van der Waals surface area (Å²) >= 11 is 0. The van der Waals surface area contributed by atoms with Crippen molar-refractivity contribution in [1.82, 2.24) is 19.5 Å². The number of anilines is 1. The minimum atomic E-state index is -1.20. The van der Waals surface area contributed by atoms with Crippen LogP contribution in [0.5, 0.6) is 0 Å². The number of nitrogens with zero attached hydrogens (tertiary/aromatic N) is 4. The maximum atomic E-state index is 10.1. The minimum Gasteiger partial charge on any atom is -0.394 e. The van der Waals surface area contributed by atoms with E-state index in [4.69, 9.17) is 9.84 Å². The number of rotatable bonds is 3. The standard InChI is InChI=1S/C13H15N5O4/c1-2-3-14-11-8-12(16-5-15-11)18(6-17-8)13-10(21)9(20)7(4-19)22-13/h5-7,9-10,13,19-21H,4H2,1H3,(H,14,15,16)/t7-,9?,10?,13-/m1/s1. The molecule has 9 nitrogen and oxygen atoms in total. The van der Waals surface area contributed by atoms with Crippen LogP contribution < -0.4 is 5.32 Å². The van der Waals surface area contributed by atoms with Crippen LogP contribution in [0.4, 0.5) is 5.82 Å². The van der Waals surface area contributed by atoms with Gasteiger partial charge in [-0.15, -0.1) is 0 Å². The fraction of sp³-hybridized carbons (Fsp3) is 0.462. The van der Waals surface area contributed by atoms with Gasteiger partial charge in [0.05, 0.1) is 12.9 Å². The van der Waals surface area contributed by atoms with Crippen LogP contribution >= 0.6 is 0 Å². The van der Waals surface area contributed by atoms with Gasteiger partial charge in [-0.05, 0) is 6.92 Å². The summed E-state index contributed by atoms with van der Waals surface area (Å²) in [5, 5.41) is 31.9. The first-order chi connectivity index (χ1) is 10.7. The molecule has 22 heavy (non-hydrogen) atoms. The lowest BCUT2D eigenvalue weighted by Crippen LogP contribution is -2.33. The highest BCUT2D eigenvalue weighted by molar-refractivity contribution is 5.83. The molecule has 0 bridgehead atoms. The average Bonchev–Trinajstić information content (AvgIpc) is 3.08. The Labute approximate surface area is 125 Å². The number of ether oxygens (including phenoxy) is 1. The van der Waals surface area contributed by atoms with Crippen LogP contribution in [0.2, 0.25) is 0 Å². The second-order valence-corrected chi connectivity index (χ2v) is 4.78. The molecule has 0 aromatic carbocycles. The van der Waals surface area contributed by atoms with Crippen molar-refractivity contribution in [1.29, 1.82) is 0 Å². The zero-order chi connectivity index (χ0) is 15.7. The summed E-state index contributed by atoms with van der Waals surface area (Å²) in [4.78, 5) is 12.4. The van der Waals surface area contributed by atoms with E-state index in [2.05, 4.69) is 32.2 Å². The molecule has 2 aromatic rings. The van der Waals surface area contributed by atoms with E-state index in [0.717, 1.165) is 0 Å². The molecule has 4 atom stereocenters. The lowest BCUT2D eigenvalue weighted by molar-refractivity contribution is -0.0511. The first kappa shape index (κ1) is 14.7. The van der Waals surface area contributed by atoms with Crippen LogP contribution in [0.3, 0.4) is 0 Å². The molecule has 0 saturated carbocycles. The summed E-state index contributed by atoms with van der Waals surface area (Å²) in [6, 6.07) is 2.67. The van der Waals surface area contributed by atoms with Crippen molar-refractivity contribution in [2.24, 2.45) is 0 Å². The normalized spacial score (nSPS) is 27.6. The smallest absolute Gasteiger partial charge is 0.169 e. The van der Waals surface area contributed by atoms with E-state index in [0.29, 0.717) is 17.0 Å². The Hall–Kier alpha value is -2.25. The Morgan fingerprint density at radius 3 is 2.82 bits per heavy atom. The highest BCUT2D eigenvalue weighted by atomic mass is 16.6. The van der Waals surface area contributed by atoms with Crippen LogP contribution in [0.1, 0.15) is 13.2 Å². The first-order valence-corrected chi connectivity index (χ1v) is 6.65. The molecule has 2 aromatic heterocycles. The van der Waals surface area contributed by atoms with Crippen LogP contribution in [0.25, 0.3) is 11.2 Å². The van der Waals surface area contributed by atoms with E-state index in [1.54, 1.807) is 6.92 Å². The van der Waals surface area contributed by atoms with Gasteiger partial charge in [0.1, 0.15) is 24.6 Å². The van der Waals surface area contributed by atoms with Crippen molar-refractivity contribution in [2.75, 3.05) is 11.9 Å². The third kappa shape index (κ3) is 2.28. The molecule has 1 saturated heterocycles. The van der Waals surface area contributed by atoms with Crippen molar-refractivity contribution in [2.45, 2.75) is 31.5 Å². The molecular formula is C13H15N5O4. The summed E-state index contributed by atoms with van der Waals surface area (Å²) in [5.74, 6) is 3.12. The van der Waals surface area contributed by atoms with Gasteiger partial charge in [-0.1, -0.05) is 5.92 Å². The van der Waals surface area contributed by atoms with Gasteiger partial charge >= 0.3 is 0 Å². The number of hydrogen-bond acceptors (Lipinski definition) is 8. The fourth-order valence-corrected chi connectivity index (χ4v) is 2.36. The summed E-state index contributed by atoms with van der Waals surface area (Å²) in [6.07, 6.45) is -1.36. The molecule has 1 aliphatic rings. The number of hydrogen-bond donors (Lipinski definition) is 4. The monoisotopic (exact) mass is 305 g/mol. The van der Waals surface area contributed by atoms with E-state index in [9.17, 15) is 10.2 Å². The number of imidazole rings is 1. The third-order valence-corrected chi connectivity index (χ3v) is 3.46. The number of aliphatic hydroxyl groups is 3. The molecule has 3 heterocycles. The molecule has 3 rings (SSSR count). The molecule has 0 amide bonds. The fourth-order valence-electron chi connectivity index (χ4n) is 2.36. The SMILES string of the molecule is CC#CNc1ncnc2c1ncn2[C@@H]1O[C@H](CO)C(O)C1O. The second kappa shape index (κ2) is 5.86. The third-order valence-electron chi connectivity index (χ3n) is 3.46. The Bertz CT molecular complexity index is 737. The molecule has 1 aliphatic heterocycles. The molecular weight excluding hydrogens is 290 g/mol. The van der Waals surface area contributed by atoms with Crippen molar-refractivity contribution in [3.63, 3.8) is 0 Å². The van der Waals surface area contributed by atoms with Gasteiger partial charge in [-0.2, -0.15) is 0 Å². The summed E-state index contributed by atoms with van der Waals surface area (Å²) in [7, 11) is 0. The lowest BCUT2D eigenvalue weighted by atomic mass is 10.1. The maximum Gasteiger partial charge on any atom is 0.169 e. The van der Waals surface area contributed by atoms with Crippen LogP contribution in [-0.2, 0) is 4.74 Å². The largest absolute Gasteiger partial charge is 0.394 e. The van der Waals surface area contributed by atoms with Gasteiger partial charge < -0.3 is 20.1 Å². The molecule has 0 spiro atoms. The van der Waals surface area contributed by atoms with E-state index in [-0.39, 0.29) is 0 Å². The van der Waals surface area contributed by atoms with Gasteiger partial charge in [0.25, 0.3) is 0 Å². The Balaban J connectivity index is 2.00. The zero-order valence-electron chi connectivity index (χ0n) is 11.7.